The van der Waals surface area contributed by atoms with Crippen LogP contribution in [0.25, 0.3) is 15.7 Å². The molecule has 0 fully saturated rings. The third kappa shape index (κ3) is 1.88. The molecule has 2 unspecified atom stereocenters. The van der Waals surface area contributed by atoms with Gasteiger partial charge in [0, 0.05) is 10.9 Å². The molecule has 0 spiro atoms. The van der Waals surface area contributed by atoms with Crippen molar-refractivity contribution in [3.63, 3.8) is 0 Å². The number of fused-ring (bicyclic) bond motifs is 3. The Morgan fingerprint density at radius 3 is 2.80 bits per heavy atom. The number of ether oxygens (including phenoxy) is 1. The average Bonchev–Trinajstić information content (AvgIpc) is 2.43. The van der Waals surface area contributed by atoms with Crippen LogP contribution >= 0.6 is 15.9 Å². The zero-order chi connectivity index (χ0) is 14.5. The van der Waals surface area contributed by atoms with Gasteiger partial charge in [-0.2, -0.15) is 0 Å². The van der Waals surface area contributed by atoms with E-state index in [4.69, 9.17) is 11.3 Å². The minimum atomic E-state index is -0.682. The quantitative estimate of drug-likeness (QED) is 0.590. The lowest BCUT2D eigenvalue weighted by Gasteiger charge is -2.40. The maximum absolute atomic E-state index is 10.6. The molecular weight excluding hydrogens is 320 g/mol. The number of nitrogens with zero attached hydrogens (tertiary/aromatic N) is 2. The summed E-state index contributed by atoms with van der Waals surface area (Å²) >= 11 is 3.51. The number of aromatic nitrogens is 1. The van der Waals surface area contributed by atoms with E-state index in [1.165, 1.54) is 0 Å². The van der Waals surface area contributed by atoms with E-state index in [0.717, 1.165) is 10.9 Å². The lowest BCUT2D eigenvalue weighted by molar-refractivity contribution is 0.0236. The fourth-order valence-corrected chi connectivity index (χ4v) is 2.88. The van der Waals surface area contributed by atoms with Gasteiger partial charge in [0.2, 0.25) is 0 Å². The maximum atomic E-state index is 10.6. The van der Waals surface area contributed by atoms with E-state index in [2.05, 4.69) is 25.8 Å². The Morgan fingerprint density at radius 1 is 1.35 bits per heavy atom. The first kappa shape index (κ1) is 13.3. The largest absolute Gasteiger partial charge is 0.486 e. The van der Waals surface area contributed by atoms with Crippen molar-refractivity contribution >= 4 is 32.7 Å². The van der Waals surface area contributed by atoms with Crippen LogP contribution in [0.15, 0.2) is 24.3 Å². The van der Waals surface area contributed by atoms with Crippen molar-refractivity contribution < 1.29 is 9.84 Å². The van der Waals surface area contributed by atoms with Crippen LogP contribution in [0.2, 0.25) is 0 Å². The molecule has 4 nitrogen and oxygen atoms in total. The van der Waals surface area contributed by atoms with Gasteiger partial charge in [-0.05, 0) is 32.0 Å². The summed E-state index contributed by atoms with van der Waals surface area (Å²) in [4.78, 5) is 7.37. The molecule has 1 aromatic heterocycles. The Kier molecular flexibility index (Phi) is 2.96. The summed E-state index contributed by atoms with van der Waals surface area (Å²) < 4.78 is 5.97. The first-order chi connectivity index (χ1) is 9.44. The molecule has 20 heavy (non-hydrogen) atoms. The highest BCUT2D eigenvalue weighted by atomic mass is 79.9. The molecule has 0 bridgehead atoms. The number of hydrogen-bond acceptors (Lipinski definition) is 3. The third-order valence-corrected chi connectivity index (χ3v) is 5.19. The van der Waals surface area contributed by atoms with Gasteiger partial charge in [0.1, 0.15) is 11.4 Å². The van der Waals surface area contributed by atoms with Gasteiger partial charge in [-0.25, -0.2) is 0 Å². The van der Waals surface area contributed by atoms with E-state index in [0.29, 0.717) is 17.1 Å². The molecule has 1 aromatic carbocycles. The second kappa shape index (κ2) is 4.44. The molecule has 1 aliphatic heterocycles. The van der Waals surface area contributed by atoms with Gasteiger partial charge in [-0.3, -0.25) is 0 Å². The monoisotopic (exact) mass is 332 g/mol. The standard InChI is InChI=1S/C15H13BrN2O2/c1-15(2)14(16)13(19)12-8-4-7-11(17-3)18-9(8)5-6-10(12)20-15/h4-7,13-14,19H,1-2H3. The molecule has 1 aliphatic rings. The van der Waals surface area contributed by atoms with Crippen molar-refractivity contribution in [2.45, 2.75) is 30.4 Å². The van der Waals surface area contributed by atoms with Gasteiger partial charge in [-0.15, -0.1) is 4.98 Å². The van der Waals surface area contributed by atoms with Crippen LogP contribution in [0.3, 0.4) is 0 Å². The number of alkyl halides is 1. The van der Waals surface area contributed by atoms with Gasteiger partial charge in [-0.1, -0.05) is 28.6 Å². The zero-order valence-corrected chi connectivity index (χ0v) is 12.7. The number of aliphatic hydroxyl groups excluding tert-OH is 1. The molecule has 0 saturated carbocycles. The Balaban J connectivity index is 2.27. The zero-order valence-electron chi connectivity index (χ0n) is 11.1. The van der Waals surface area contributed by atoms with Crippen LogP contribution in [0.5, 0.6) is 5.75 Å². The van der Waals surface area contributed by atoms with Crippen LogP contribution in [0.4, 0.5) is 5.82 Å². The van der Waals surface area contributed by atoms with Crippen LogP contribution in [-0.2, 0) is 0 Å². The molecule has 0 saturated heterocycles. The van der Waals surface area contributed by atoms with Crippen LogP contribution < -0.4 is 4.74 Å². The predicted molar refractivity (Wildman–Crippen MR) is 80.4 cm³/mol. The van der Waals surface area contributed by atoms with Crippen molar-refractivity contribution in [2.75, 3.05) is 0 Å². The molecule has 5 heteroatoms. The average molecular weight is 333 g/mol. The Morgan fingerprint density at radius 2 is 2.10 bits per heavy atom. The number of aliphatic hydroxyl groups is 1. The minimum Gasteiger partial charge on any atom is -0.486 e. The smallest absolute Gasteiger partial charge is 0.270 e. The summed E-state index contributed by atoms with van der Waals surface area (Å²) in [6.07, 6.45) is -0.682. The highest BCUT2D eigenvalue weighted by Crippen LogP contribution is 2.46. The minimum absolute atomic E-state index is 0.214. The molecule has 0 aliphatic carbocycles. The molecule has 102 valence electrons. The van der Waals surface area contributed by atoms with Crippen molar-refractivity contribution in [1.82, 2.24) is 4.98 Å². The van der Waals surface area contributed by atoms with Crippen molar-refractivity contribution in [2.24, 2.45) is 0 Å². The lowest BCUT2D eigenvalue weighted by Crippen LogP contribution is -2.45. The van der Waals surface area contributed by atoms with Gasteiger partial charge < -0.3 is 14.7 Å². The van der Waals surface area contributed by atoms with Gasteiger partial charge in [0.25, 0.3) is 5.82 Å². The van der Waals surface area contributed by atoms with Gasteiger partial charge in [0.15, 0.2) is 5.52 Å². The van der Waals surface area contributed by atoms with E-state index in [-0.39, 0.29) is 4.83 Å². The summed E-state index contributed by atoms with van der Waals surface area (Å²) in [6.45, 7) is 10.9. The Labute approximate surface area is 125 Å². The molecule has 0 radical (unpaired) electrons. The van der Waals surface area contributed by atoms with E-state index < -0.39 is 11.7 Å². The lowest BCUT2D eigenvalue weighted by atomic mass is 9.89. The van der Waals surface area contributed by atoms with Crippen LogP contribution in [0.1, 0.15) is 25.5 Å². The summed E-state index contributed by atoms with van der Waals surface area (Å²) in [5, 5.41) is 11.4. The molecule has 3 rings (SSSR count). The van der Waals surface area contributed by atoms with Gasteiger partial charge >= 0.3 is 0 Å². The van der Waals surface area contributed by atoms with Crippen molar-refractivity contribution in [3.8, 4) is 5.75 Å². The number of pyridine rings is 1. The highest BCUT2D eigenvalue weighted by Gasteiger charge is 2.42. The third-order valence-electron chi connectivity index (χ3n) is 3.58. The number of benzene rings is 1. The fourth-order valence-electron chi connectivity index (χ4n) is 2.52. The molecule has 2 atom stereocenters. The Hall–Kier alpha value is -1.64. The first-order valence-corrected chi connectivity index (χ1v) is 7.18. The molecule has 2 aromatic rings. The predicted octanol–water partition coefficient (Wildman–Crippen LogP) is 3.75. The number of rotatable bonds is 0. The normalized spacial score (nSPS) is 23.8. The first-order valence-electron chi connectivity index (χ1n) is 6.26. The maximum Gasteiger partial charge on any atom is 0.270 e. The van der Waals surface area contributed by atoms with E-state index >= 15 is 0 Å². The van der Waals surface area contributed by atoms with Crippen LogP contribution in [0, 0.1) is 6.57 Å². The SMILES string of the molecule is [C-]#[N+]c1ccc2c3c(ccc2n1)OC(C)(C)C(Br)C3O. The molecule has 0 amide bonds. The van der Waals surface area contributed by atoms with E-state index in [1.54, 1.807) is 6.07 Å². The van der Waals surface area contributed by atoms with Crippen molar-refractivity contribution in [1.29, 1.82) is 0 Å². The molecule has 1 N–H and O–H groups in total. The molecular formula is C15H13BrN2O2. The number of halogens is 1. The van der Waals surface area contributed by atoms with E-state index in [9.17, 15) is 5.11 Å². The summed E-state index contributed by atoms with van der Waals surface area (Å²) in [6, 6.07) is 7.10. The summed E-state index contributed by atoms with van der Waals surface area (Å²) in [5.74, 6) is 1.02. The summed E-state index contributed by atoms with van der Waals surface area (Å²) in [7, 11) is 0. The summed E-state index contributed by atoms with van der Waals surface area (Å²) in [5.41, 5.74) is 0.927. The molecule has 2 heterocycles. The Bertz CT molecular complexity index is 736. The number of hydrogen-bond donors (Lipinski definition) is 1. The fraction of sp³-hybridized carbons (Fsp3) is 0.333. The topological polar surface area (TPSA) is 46.7 Å². The van der Waals surface area contributed by atoms with E-state index in [1.807, 2.05) is 32.0 Å². The highest BCUT2D eigenvalue weighted by molar-refractivity contribution is 9.09. The van der Waals surface area contributed by atoms with Crippen LogP contribution in [-0.4, -0.2) is 20.5 Å². The van der Waals surface area contributed by atoms with Gasteiger partial charge in [0.05, 0.1) is 10.9 Å². The van der Waals surface area contributed by atoms with Crippen molar-refractivity contribution in [3.05, 3.63) is 41.2 Å². The second-order valence-electron chi connectivity index (χ2n) is 5.38. The second-order valence-corrected chi connectivity index (χ2v) is 6.36.